The molecule has 5 rings (SSSR count). The van der Waals surface area contributed by atoms with Crippen molar-refractivity contribution >= 4 is 23.2 Å². The number of rotatable bonds is 1. The average molecular weight is 274 g/mol. The van der Waals surface area contributed by atoms with Crippen molar-refractivity contribution in [2.75, 3.05) is 0 Å². The van der Waals surface area contributed by atoms with E-state index in [1.165, 1.54) is 0 Å². The molecule has 0 fully saturated rings. The summed E-state index contributed by atoms with van der Waals surface area (Å²) in [4.78, 5) is 0. The molecule has 0 nitrogen and oxygen atoms in total. The third-order valence-corrected chi connectivity index (χ3v) is 10.4. The molecule has 0 unspecified atom stereocenters. The van der Waals surface area contributed by atoms with Gasteiger partial charge in [0.25, 0.3) is 0 Å². The van der Waals surface area contributed by atoms with Gasteiger partial charge in [-0.05, 0) is 0 Å². The standard InChI is InChI=1S/C19H15P/c1-2-8-14(9-3-1)20-17-12-6-4-10-15(17)19(20)16-11-5-7-13-18(16)20/h1-13,19-20H. The summed E-state index contributed by atoms with van der Waals surface area (Å²) in [6.07, 6.45) is 0. The molecule has 0 saturated heterocycles. The Kier molecular flexibility index (Phi) is 1.95. The molecule has 20 heavy (non-hydrogen) atoms. The van der Waals surface area contributed by atoms with Crippen LogP contribution in [0.4, 0.5) is 0 Å². The number of hydrogen-bond donors (Lipinski definition) is 0. The summed E-state index contributed by atoms with van der Waals surface area (Å²) < 4.78 is 0. The summed E-state index contributed by atoms with van der Waals surface area (Å²) in [6, 6.07) is 29.3. The van der Waals surface area contributed by atoms with Gasteiger partial charge in [-0.25, -0.2) is 0 Å². The molecule has 0 amide bonds. The van der Waals surface area contributed by atoms with Crippen LogP contribution in [-0.4, -0.2) is 0 Å². The summed E-state index contributed by atoms with van der Waals surface area (Å²) in [7, 11) is -1.64. The van der Waals surface area contributed by atoms with E-state index >= 15 is 0 Å². The van der Waals surface area contributed by atoms with E-state index in [0.717, 1.165) is 0 Å². The quantitative estimate of drug-likeness (QED) is 0.598. The van der Waals surface area contributed by atoms with Crippen molar-refractivity contribution < 1.29 is 0 Å². The summed E-state index contributed by atoms with van der Waals surface area (Å²) in [6.45, 7) is 0. The fraction of sp³-hybridized carbons (Fsp3) is 0.0526. The van der Waals surface area contributed by atoms with Crippen LogP contribution >= 0.6 is 7.26 Å². The SMILES string of the molecule is c1ccc([PH]23c4ccccc4C2c2ccccc23)cc1. The Morgan fingerprint density at radius 3 is 1.65 bits per heavy atom. The Labute approximate surface area is 119 Å². The first-order chi connectivity index (χ1) is 9.94. The zero-order valence-corrected chi connectivity index (χ0v) is 12.1. The van der Waals surface area contributed by atoms with E-state index < -0.39 is 7.26 Å². The topological polar surface area (TPSA) is 0 Å². The third-order valence-electron chi connectivity index (χ3n) is 5.06. The molecule has 0 aliphatic carbocycles. The average Bonchev–Trinajstić information content (AvgIpc) is 2.49. The van der Waals surface area contributed by atoms with Crippen LogP contribution in [-0.2, 0) is 0 Å². The Balaban J connectivity index is 1.86. The van der Waals surface area contributed by atoms with Gasteiger partial charge in [-0.1, -0.05) is 0 Å². The Morgan fingerprint density at radius 1 is 0.550 bits per heavy atom. The molecule has 0 saturated carbocycles. The van der Waals surface area contributed by atoms with Gasteiger partial charge in [-0.3, -0.25) is 0 Å². The molecule has 3 aromatic rings. The molecule has 3 aromatic carbocycles. The van der Waals surface area contributed by atoms with Gasteiger partial charge in [-0.2, -0.15) is 0 Å². The molecule has 0 bridgehead atoms. The van der Waals surface area contributed by atoms with Crippen LogP contribution in [0.5, 0.6) is 0 Å². The fourth-order valence-electron chi connectivity index (χ4n) is 4.33. The fourth-order valence-corrected chi connectivity index (χ4v) is 9.98. The van der Waals surface area contributed by atoms with Crippen LogP contribution in [0.2, 0.25) is 0 Å². The van der Waals surface area contributed by atoms with Crippen molar-refractivity contribution in [3.8, 4) is 0 Å². The minimum absolute atomic E-state index is 0.692. The van der Waals surface area contributed by atoms with E-state index in [4.69, 9.17) is 0 Å². The van der Waals surface area contributed by atoms with E-state index in [1.54, 1.807) is 27.0 Å². The zero-order chi connectivity index (χ0) is 13.2. The van der Waals surface area contributed by atoms with Gasteiger partial charge in [0.2, 0.25) is 0 Å². The summed E-state index contributed by atoms with van der Waals surface area (Å²) in [5, 5.41) is 4.84. The molecule has 0 aromatic heterocycles. The van der Waals surface area contributed by atoms with Crippen molar-refractivity contribution in [2.24, 2.45) is 0 Å². The van der Waals surface area contributed by atoms with Crippen molar-refractivity contribution in [1.29, 1.82) is 0 Å². The van der Waals surface area contributed by atoms with E-state index in [0.29, 0.717) is 5.66 Å². The molecular weight excluding hydrogens is 259 g/mol. The third kappa shape index (κ3) is 1.01. The molecule has 96 valence electrons. The predicted molar refractivity (Wildman–Crippen MR) is 88.4 cm³/mol. The molecule has 0 radical (unpaired) electrons. The van der Waals surface area contributed by atoms with Crippen LogP contribution in [0.15, 0.2) is 78.9 Å². The van der Waals surface area contributed by atoms with Gasteiger partial charge < -0.3 is 0 Å². The van der Waals surface area contributed by atoms with Crippen LogP contribution in [0.1, 0.15) is 16.8 Å². The van der Waals surface area contributed by atoms with Crippen molar-refractivity contribution in [3.05, 3.63) is 90.0 Å². The molecule has 0 N–H and O–H groups in total. The van der Waals surface area contributed by atoms with E-state index in [9.17, 15) is 0 Å². The molecular formula is C19H15P. The Bertz CT molecular complexity index is 772. The minimum atomic E-state index is -1.64. The van der Waals surface area contributed by atoms with Crippen LogP contribution in [0.25, 0.3) is 0 Å². The first kappa shape index (κ1) is 10.8. The normalized spacial score (nSPS) is 21.5. The van der Waals surface area contributed by atoms with Crippen LogP contribution in [0, 0.1) is 0 Å². The van der Waals surface area contributed by atoms with Crippen molar-refractivity contribution in [3.63, 3.8) is 0 Å². The predicted octanol–water partition coefficient (Wildman–Crippen LogP) is 3.13. The van der Waals surface area contributed by atoms with Gasteiger partial charge in [0.15, 0.2) is 0 Å². The van der Waals surface area contributed by atoms with Crippen LogP contribution in [0.3, 0.4) is 0 Å². The first-order valence-corrected chi connectivity index (χ1v) is 9.26. The second-order valence-corrected chi connectivity index (χ2v) is 9.63. The number of hydrogen-bond acceptors (Lipinski definition) is 0. The molecule has 2 aliphatic rings. The molecule has 0 atom stereocenters. The first-order valence-electron chi connectivity index (χ1n) is 7.18. The second kappa shape index (κ2) is 3.59. The maximum atomic E-state index is 2.36. The van der Waals surface area contributed by atoms with E-state index in [2.05, 4.69) is 78.9 Å². The zero-order valence-electron chi connectivity index (χ0n) is 11.1. The summed E-state index contributed by atoms with van der Waals surface area (Å²) >= 11 is 0. The Hall–Kier alpha value is -1.91. The summed E-state index contributed by atoms with van der Waals surface area (Å²) in [5.74, 6) is 0. The monoisotopic (exact) mass is 274 g/mol. The number of benzene rings is 3. The van der Waals surface area contributed by atoms with Gasteiger partial charge in [0.1, 0.15) is 0 Å². The Morgan fingerprint density at radius 2 is 1.05 bits per heavy atom. The molecule has 2 aliphatic heterocycles. The summed E-state index contributed by atoms with van der Waals surface area (Å²) in [5.41, 5.74) is 3.83. The van der Waals surface area contributed by atoms with Crippen molar-refractivity contribution in [2.45, 2.75) is 5.66 Å². The van der Waals surface area contributed by atoms with Crippen molar-refractivity contribution in [1.82, 2.24) is 0 Å². The van der Waals surface area contributed by atoms with E-state index in [-0.39, 0.29) is 0 Å². The molecule has 2 heterocycles. The molecule has 0 spiro atoms. The second-order valence-electron chi connectivity index (χ2n) is 5.78. The number of fused-ring (bicyclic) bond motifs is 7. The molecule has 1 heteroatoms. The van der Waals surface area contributed by atoms with Gasteiger partial charge in [-0.15, -0.1) is 0 Å². The van der Waals surface area contributed by atoms with Gasteiger partial charge >= 0.3 is 119 Å². The van der Waals surface area contributed by atoms with E-state index in [1.807, 2.05) is 0 Å². The van der Waals surface area contributed by atoms with Crippen LogP contribution < -0.4 is 15.9 Å². The van der Waals surface area contributed by atoms with Gasteiger partial charge in [0.05, 0.1) is 0 Å². The maximum absolute atomic E-state index is 2.36. The van der Waals surface area contributed by atoms with Gasteiger partial charge in [0, 0.05) is 0 Å².